The van der Waals surface area contributed by atoms with Crippen LogP contribution in [0.4, 0.5) is 0 Å². The third kappa shape index (κ3) is 4.54. The molecule has 0 fully saturated rings. The maximum absolute atomic E-state index is 12.0. The Bertz CT molecular complexity index is 866. The number of carbonyl (C=O) groups excluding carboxylic acids is 3. The lowest BCUT2D eigenvalue weighted by atomic mass is 10.2. The summed E-state index contributed by atoms with van der Waals surface area (Å²) in [6.07, 6.45) is 2.02. The lowest BCUT2D eigenvalue weighted by Gasteiger charge is -2.04. The Kier molecular flexibility index (Phi) is 6.46. The maximum Gasteiger partial charge on any atom is 0.337 e. The first kappa shape index (κ1) is 18.9. The number of amides is 1. The molecule has 0 radical (unpaired) electrons. The molecule has 134 valence electrons. The monoisotopic (exact) mass is 364 g/mol. The van der Waals surface area contributed by atoms with Crippen LogP contribution >= 0.6 is 11.3 Å². The number of benzene rings is 1. The van der Waals surface area contributed by atoms with E-state index in [0.717, 1.165) is 17.5 Å². The van der Waals surface area contributed by atoms with Crippen LogP contribution in [-0.2, 0) is 25.6 Å². The second kappa shape index (κ2) is 8.57. The predicted octanol–water partition coefficient (Wildman–Crippen LogP) is 2.28. The first-order chi connectivity index (χ1) is 12.0. The van der Waals surface area contributed by atoms with E-state index in [9.17, 15) is 14.4 Å². The number of rotatable bonds is 6. The van der Waals surface area contributed by atoms with Gasteiger partial charge in [0.25, 0.3) is 0 Å². The minimum atomic E-state index is -0.452. The Balaban J connectivity index is 2.55. The van der Waals surface area contributed by atoms with Gasteiger partial charge < -0.3 is 14.0 Å². The molecule has 0 atom stereocenters. The summed E-state index contributed by atoms with van der Waals surface area (Å²) in [5, 5.41) is 0. The number of carbonyl (C=O) groups is 3. The van der Waals surface area contributed by atoms with Crippen molar-refractivity contribution in [3.8, 4) is 0 Å². The van der Waals surface area contributed by atoms with Gasteiger partial charge in [0.2, 0.25) is 5.91 Å². The Morgan fingerprint density at radius 1 is 1.20 bits per heavy atom. The molecule has 0 bridgehead atoms. The van der Waals surface area contributed by atoms with Gasteiger partial charge in [-0.25, -0.2) is 4.79 Å². The lowest BCUT2D eigenvalue weighted by Crippen LogP contribution is -2.22. The summed E-state index contributed by atoms with van der Waals surface area (Å²) >= 11 is 1.24. The first-order valence-electron chi connectivity index (χ1n) is 7.86. The van der Waals surface area contributed by atoms with Gasteiger partial charge in [0.1, 0.15) is 6.54 Å². The predicted molar refractivity (Wildman–Crippen MR) is 93.3 cm³/mol. The molecule has 0 saturated heterocycles. The Morgan fingerprint density at radius 2 is 1.96 bits per heavy atom. The van der Waals surface area contributed by atoms with Crippen molar-refractivity contribution >= 4 is 39.4 Å². The third-order valence-corrected chi connectivity index (χ3v) is 4.62. The SMILES string of the molecule is CCCCC(=O)N=c1sc2cc(C(=O)OC)ccc2n1CC(=O)OC. The van der Waals surface area contributed by atoms with Crippen LogP contribution in [0.15, 0.2) is 23.2 Å². The molecule has 0 saturated carbocycles. The van der Waals surface area contributed by atoms with E-state index in [1.54, 1.807) is 22.8 Å². The molecule has 1 amide bonds. The normalized spacial score (nSPS) is 11.6. The Hall–Kier alpha value is -2.48. The molecule has 7 nitrogen and oxygen atoms in total. The van der Waals surface area contributed by atoms with Gasteiger partial charge in [-0.15, -0.1) is 0 Å². The third-order valence-electron chi connectivity index (χ3n) is 3.58. The second-order valence-corrected chi connectivity index (χ2v) is 6.34. The van der Waals surface area contributed by atoms with E-state index in [1.807, 2.05) is 6.92 Å². The van der Waals surface area contributed by atoms with Gasteiger partial charge in [-0.2, -0.15) is 4.99 Å². The van der Waals surface area contributed by atoms with Gasteiger partial charge in [0, 0.05) is 6.42 Å². The van der Waals surface area contributed by atoms with Crippen LogP contribution in [-0.4, -0.2) is 36.6 Å². The summed E-state index contributed by atoms with van der Waals surface area (Å²) in [5.41, 5.74) is 1.09. The zero-order valence-corrected chi connectivity index (χ0v) is 15.2. The zero-order chi connectivity index (χ0) is 18.4. The first-order valence-corrected chi connectivity index (χ1v) is 8.67. The number of esters is 2. The largest absolute Gasteiger partial charge is 0.468 e. The lowest BCUT2D eigenvalue weighted by molar-refractivity contribution is -0.141. The van der Waals surface area contributed by atoms with Crippen molar-refractivity contribution in [3.63, 3.8) is 0 Å². The van der Waals surface area contributed by atoms with E-state index < -0.39 is 11.9 Å². The minimum absolute atomic E-state index is 0.0615. The fraction of sp³-hybridized carbons (Fsp3) is 0.412. The van der Waals surface area contributed by atoms with E-state index >= 15 is 0 Å². The Labute approximate surface area is 148 Å². The topological polar surface area (TPSA) is 87.0 Å². The van der Waals surface area contributed by atoms with Crippen molar-refractivity contribution < 1.29 is 23.9 Å². The average molecular weight is 364 g/mol. The molecule has 0 spiro atoms. The molecular weight excluding hydrogens is 344 g/mol. The van der Waals surface area contributed by atoms with E-state index in [1.165, 1.54) is 25.6 Å². The number of ether oxygens (including phenoxy) is 2. The highest BCUT2D eigenvalue weighted by molar-refractivity contribution is 7.16. The van der Waals surface area contributed by atoms with E-state index in [2.05, 4.69) is 4.99 Å². The second-order valence-electron chi connectivity index (χ2n) is 5.33. The standard InChI is InChI=1S/C17H20N2O5S/c1-4-5-6-14(20)18-17-19(10-15(21)23-2)12-8-7-11(16(22)24-3)9-13(12)25-17/h7-9H,4-6,10H2,1-3H3. The quantitative estimate of drug-likeness (QED) is 0.734. The molecule has 2 rings (SSSR count). The molecule has 2 aromatic rings. The molecule has 1 aromatic heterocycles. The molecule has 0 unspecified atom stereocenters. The van der Waals surface area contributed by atoms with Crippen LogP contribution in [0.2, 0.25) is 0 Å². The van der Waals surface area contributed by atoms with Gasteiger partial charge in [0.05, 0.1) is 30.0 Å². The van der Waals surface area contributed by atoms with Crippen molar-refractivity contribution in [1.82, 2.24) is 4.57 Å². The van der Waals surface area contributed by atoms with Crippen molar-refractivity contribution in [1.29, 1.82) is 0 Å². The molecule has 1 aromatic carbocycles. The van der Waals surface area contributed by atoms with Crippen molar-refractivity contribution in [3.05, 3.63) is 28.6 Å². The summed E-state index contributed by atoms with van der Waals surface area (Å²) in [6, 6.07) is 4.98. The van der Waals surface area contributed by atoms with Crippen LogP contribution in [0.3, 0.4) is 0 Å². The molecule has 1 heterocycles. The van der Waals surface area contributed by atoms with Crippen molar-refractivity contribution in [2.45, 2.75) is 32.7 Å². The van der Waals surface area contributed by atoms with Crippen LogP contribution in [0.5, 0.6) is 0 Å². The molecule has 0 N–H and O–H groups in total. The highest BCUT2D eigenvalue weighted by atomic mass is 32.1. The molecule has 0 aliphatic carbocycles. The summed E-state index contributed by atoms with van der Waals surface area (Å²) in [7, 11) is 2.61. The molecule has 0 aliphatic heterocycles. The molecule has 8 heteroatoms. The van der Waals surface area contributed by atoms with Crippen molar-refractivity contribution in [2.24, 2.45) is 4.99 Å². The van der Waals surface area contributed by atoms with Gasteiger partial charge >= 0.3 is 11.9 Å². The highest BCUT2D eigenvalue weighted by Crippen LogP contribution is 2.20. The number of thiazole rings is 1. The fourth-order valence-corrected chi connectivity index (χ4v) is 3.33. The number of hydrogen-bond acceptors (Lipinski definition) is 6. The van der Waals surface area contributed by atoms with E-state index in [4.69, 9.17) is 9.47 Å². The molecular formula is C17H20N2O5S. The average Bonchev–Trinajstić information content (AvgIpc) is 2.95. The number of hydrogen-bond donors (Lipinski definition) is 0. The molecule has 25 heavy (non-hydrogen) atoms. The van der Waals surface area contributed by atoms with Crippen LogP contribution in [0.1, 0.15) is 36.5 Å². The number of nitrogens with zero attached hydrogens (tertiary/aromatic N) is 2. The maximum atomic E-state index is 12.0. The Morgan fingerprint density at radius 3 is 2.60 bits per heavy atom. The van der Waals surface area contributed by atoms with Crippen LogP contribution < -0.4 is 4.80 Å². The highest BCUT2D eigenvalue weighted by Gasteiger charge is 2.14. The minimum Gasteiger partial charge on any atom is -0.468 e. The number of unbranched alkanes of at least 4 members (excludes halogenated alkanes) is 1. The van der Waals surface area contributed by atoms with E-state index in [-0.39, 0.29) is 12.5 Å². The number of aromatic nitrogens is 1. The summed E-state index contributed by atoms with van der Waals surface area (Å²) < 4.78 is 11.8. The van der Waals surface area contributed by atoms with Gasteiger partial charge in [0.15, 0.2) is 4.80 Å². The van der Waals surface area contributed by atoms with Crippen LogP contribution in [0.25, 0.3) is 10.2 Å². The molecule has 0 aliphatic rings. The smallest absolute Gasteiger partial charge is 0.337 e. The summed E-state index contributed by atoms with van der Waals surface area (Å²) in [5.74, 6) is -1.13. The van der Waals surface area contributed by atoms with Gasteiger partial charge in [-0.3, -0.25) is 9.59 Å². The number of methoxy groups -OCH3 is 2. The van der Waals surface area contributed by atoms with Gasteiger partial charge in [-0.05, 0) is 24.6 Å². The van der Waals surface area contributed by atoms with Gasteiger partial charge in [-0.1, -0.05) is 24.7 Å². The van der Waals surface area contributed by atoms with Crippen molar-refractivity contribution in [2.75, 3.05) is 14.2 Å². The zero-order valence-electron chi connectivity index (χ0n) is 14.4. The fourth-order valence-electron chi connectivity index (χ4n) is 2.24. The van der Waals surface area contributed by atoms with E-state index in [0.29, 0.717) is 22.3 Å². The summed E-state index contributed by atoms with van der Waals surface area (Å²) in [4.78, 5) is 40.0. The van der Waals surface area contributed by atoms with Crippen LogP contribution in [0, 0.1) is 0 Å². The summed E-state index contributed by atoms with van der Waals surface area (Å²) in [6.45, 7) is 1.94. The number of fused-ring (bicyclic) bond motifs is 1.